The molecule has 2 unspecified atom stereocenters. The molecule has 0 radical (unpaired) electrons. The molecule has 166 valence electrons. The van der Waals surface area contributed by atoms with Crippen molar-refractivity contribution in [2.45, 2.75) is 136 Å². The van der Waals surface area contributed by atoms with Crippen molar-refractivity contribution in [3.63, 3.8) is 0 Å². The third-order valence-corrected chi connectivity index (χ3v) is 9.39. The Balaban J connectivity index is 1.41. The van der Waals surface area contributed by atoms with E-state index in [1.54, 1.807) is 0 Å². The summed E-state index contributed by atoms with van der Waals surface area (Å²) in [5, 5.41) is 9.94. The molecule has 1 nitrogen and oxygen atoms in total. The van der Waals surface area contributed by atoms with Gasteiger partial charge >= 0.3 is 0 Å². The number of hydrogen-bond donors (Lipinski definition) is 0. The quantitative estimate of drug-likeness (QED) is 0.355. The predicted molar refractivity (Wildman–Crippen MR) is 125 cm³/mol. The molecule has 0 amide bonds. The van der Waals surface area contributed by atoms with Crippen LogP contribution in [0.5, 0.6) is 0 Å². The van der Waals surface area contributed by atoms with Gasteiger partial charge in [0, 0.05) is 0 Å². The molecule has 0 aromatic heterocycles. The van der Waals surface area contributed by atoms with E-state index in [1.165, 1.54) is 116 Å². The van der Waals surface area contributed by atoms with E-state index < -0.39 is 0 Å². The fraction of sp³-hybridized carbons (Fsp3) is 0.964. The molecule has 0 aliphatic heterocycles. The molecule has 1 heteroatoms. The lowest BCUT2D eigenvalue weighted by Gasteiger charge is -2.43. The molecule has 0 aromatic carbocycles. The highest BCUT2D eigenvalue weighted by atomic mass is 14.5. The van der Waals surface area contributed by atoms with Crippen LogP contribution in [-0.4, -0.2) is 0 Å². The number of nitriles is 1. The molecule has 3 fully saturated rings. The van der Waals surface area contributed by atoms with Crippen molar-refractivity contribution in [2.24, 2.45) is 35.0 Å². The molecule has 3 aliphatic rings. The zero-order valence-corrected chi connectivity index (χ0v) is 19.8. The molecule has 0 saturated heterocycles. The Morgan fingerprint density at radius 1 is 0.724 bits per heavy atom. The van der Waals surface area contributed by atoms with Gasteiger partial charge in [-0.2, -0.15) is 5.26 Å². The number of rotatable bonds is 9. The van der Waals surface area contributed by atoms with Crippen LogP contribution in [0.15, 0.2) is 0 Å². The summed E-state index contributed by atoms with van der Waals surface area (Å²) < 4.78 is 0. The van der Waals surface area contributed by atoms with Gasteiger partial charge in [-0.1, -0.05) is 78.1 Å². The molecule has 0 heterocycles. The van der Waals surface area contributed by atoms with Crippen LogP contribution in [-0.2, 0) is 0 Å². The van der Waals surface area contributed by atoms with Gasteiger partial charge in [0.15, 0.2) is 0 Å². The van der Waals surface area contributed by atoms with Crippen LogP contribution in [0.3, 0.4) is 0 Å². The first kappa shape index (κ1) is 23.2. The zero-order valence-electron chi connectivity index (χ0n) is 19.8. The number of nitrogens with zero attached hydrogens (tertiary/aromatic N) is 1. The summed E-state index contributed by atoms with van der Waals surface area (Å²) in [5.74, 6) is 4.93. The SMILES string of the molecule is CCCCC[C@H]1CC[C@H]([C@H]2CC[C@H](C3CCCC(C#N)(CCCC)C3)CC2)CC1. The molecular weight excluding hydrogens is 350 g/mol. The van der Waals surface area contributed by atoms with Crippen molar-refractivity contribution in [1.82, 2.24) is 0 Å². The van der Waals surface area contributed by atoms with Gasteiger partial charge in [-0.25, -0.2) is 0 Å². The molecule has 3 aliphatic carbocycles. The van der Waals surface area contributed by atoms with Crippen molar-refractivity contribution in [3.05, 3.63) is 0 Å². The Hall–Kier alpha value is -0.510. The standard InChI is InChI=1S/C28H49N/c1-3-5-7-9-23-11-13-24(14-12-23)25-15-17-26(18-16-25)27-10-8-20-28(21-27,22-29)19-6-4-2/h23-27H,3-21H2,1-2H3/t23-,24-,25-,26-,27?,28?. The normalized spacial score (nSPS) is 38.4. The highest BCUT2D eigenvalue weighted by Gasteiger charge is 2.40. The molecule has 0 bridgehead atoms. The van der Waals surface area contributed by atoms with E-state index in [4.69, 9.17) is 0 Å². The second-order valence-corrected chi connectivity index (χ2v) is 11.3. The topological polar surface area (TPSA) is 23.8 Å². The van der Waals surface area contributed by atoms with E-state index in [0.717, 1.165) is 36.0 Å². The van der Waals surface area contributed by atoms with Crippen LogP contribution >= 0.6 is 0 Å². The maximum atomic E-state index is 9.94. The van der Waals surface area contributed by atoms with Crippen LogP contribution in [0.1, 0.15) is 136 Å². The Morgan fingerprint density at radius 2 is 1.31 bits per heavy atom. The largest absolute Gasteiger partial charge is 0.198 e. The van der Waals surface area contributed by atoms with Gasteiger partial charge in [-0.3, -0.25) is 0 Å². The van der Waals surface area contributed by atoms with Crippen LogP contribution in [0, 0.1) is 46.3 Å². The maximum absolute atomic E-state index is 9.94. The molecule has 3 rings (SSSR count). The second-order valence-electron chi connectivity index (χ2n) is 11.3. The van der Waals surface area contributed by atoms with Crippen molar-refractivity contribution >= 4 is 0 Å². The van der Waals surface area contributed by atoms with E-state index >= 15 is 0 Å². The van der Waals surface area contributed by atoms with E-state index in [0.29, 0.717) is 0 Å². The van der Waals surface area contributed by atoms with Gasteiger partial charge in [-0.05, 0) is 87.4 Å². The Labute approximate surface area is 182 Å². The van der Waals surface area contributed by atoms with E-state index in [2.05, 4.69) is 19.9 Å². The first-order valence-corrected chi connectivity index (χ1v) is 13.6. The summed E-state index contributed by atoms with van der Waals surface area (Å²) in [6.45, 7) is 4.59. The minimum Gasteiger partial charge on any atom is -0.198 e. The third kappa shape index (κ3) is 6.48. The molecule has 0 spiro atoms. The predicted octanol–water partition coefficient (Wildman–Crippen LogP) is 9.07. The first-order chi connectivity index (χ1) is 14.2. The summed E-state index contributed by atoms with van der Waals surface area (Å²) in [6.07, 6.45) is 26.6. The summed E-state index contributed by atoms with van der Waals surface area (Å²) in [7, 11) is 0. The van der Waals surface area contributed by atoms with Crippen molar-refractivity contribution in [2.75, 3.05) is 0 Å². The molecule has 2 atom stereocenters. The van der Waals surface area contributed by atoms with Crippen molar-refractivity contribution < 1.29 is 0 Å². The van der Waals surface area contributed by atoms with Crippen LogP contribution < -0.4 is 0 Å². The van der Waals surface area contributed by atoms with Crippen molar-refractivity contribution in [1.29, 1.82) is 5.26 Å². The molecule has 29 heavy (non-hydrogen) atoms. The summed E-state index contributed by atoms with van der Waals surface area (Å²) in [6, 6.07) is 2.80. The van der Waals surface area contributed by atoms with Crippen molar-refractivity contribution in [3.8, 4) is 6.07 Å². The van der Waals surface area contributed by atoms with Gasteiger partial charge < -0.3 is 0 Å². The van der Waals surface area contributed by atoms with E-state index in [1.807, 2.05) is 0 Å². The Bertz CT molecular complexity index is 489. The third-order valence-electron chi connectivity index (χ3n) is 9.39. The number of unbranched alkanes of at least 4 members (excludes halogenated alkanes) is 3. The van der Waals surface area contributed by atoms with Gasteiger partial charge in [0.1, 0.15) is 0 Å². The lowest BCUT2D eigenvalue weighted by Crippen LogP contribution is -2.34. The van der Waals surface area contributed by atoms with Gasteiger partial charge in [0.2, 0.25) is 0 Å². The minimum atomic E-state index is 0.0337. The molecule has 0 N–H and O–H groups in total. The smallest absolute Gasteiger partial charge is 0.0689 e. The van der Waals surface area contributed by atoms with Crippen LogP contribution in [0.4, 0.5) is 0 Å². The maximum Gasteiger partial charge on any atom is 0.0689 e. The first-order valence-electron chi connectivity index (χ1n) is 13.6. The van der Waals surface area contributed by atoms with Gasteiger partial charge in [0.05, 0.1) is 11.5 Å². The summed E-state index contributed by atoms with van der Waals surface area (Å²) in [4.78, 5) is 0. The zero-order chi connectivity index (χ0) is 20.5. The highest BCUT2D eigenvalue weighted by molar-refractivity contribution is 5.03. The minimum absolute atomic E-state index is 0.0337. The lowest BCUT2D eigenvalue weighted by atomic mass is 9.61. The summed E-state index contributed by atoms with van der Waals surface area (Å²) in [5.41, 5.74) is 0.0337. The Morgan fingerprint density at radius 3 is 1.90 bits per heavy atom. The van der Waals surface area contributed by atoms with Gasteiger partial charge in [-0.15, -0.1) is 0 Å². The van der Waals surface area contributed by atoms with E-state index in [-0.39, 0.29) is 5.41 Å². The fourth-order valence-corrected chi connectivity index (χ4v) is 7.43. The average molecular weight is 400 g/mol. The number of hydrogen-bond acceptors (Lipinski definition) is 1. The van der Waals surface area contributed by atoms with Crippen LogP contribution in [0.25, 0.3) is 0 Å². The fourth-order valence-electron chi connectivity index (χ4n) is 7.43. The lowest BCUT2D eigenvalue weighted by molar-refractivity contribution is 0.0815. The summed E-state index contributed by atoms with van der Waals surface area (Å²) >= 11 is 0. The second kappa shape index (κ2) is 11.8. The monoisotopic (exact) mass is 399 g/mol. The molecule has 3 saturated carbocycles. The molecular formula is C28H49N. The average Bonchev–Trinajstić information content (AvgIpc) is 2.79. The van der Waals surface area contributed by atoms with E-state index in [9.17, 15) is 5.26 Å². The van der Waals surface area contributed by atoms with Crippen LogP contribution in [0.2, 0.25) is 0 Å². The Kier molecular flexibility index (Phi) is 9.40. The van der Waals surface area contributed by atoms with Gasteiger partial charge in [0.25, 0.3) is 0 Å². The highest BCUT2D eigenvalue weighted by Crippen LogP contribution is 2.50. The molecule has 0 aromatic rings.